The lowest BCUT2D eigenvalue weighted by atomic mass is 9.84. The highest BCUT2D eigenvalue weighted by atomic mass is 16.4. The minimum absolute atomic E-state index is 0.0364. The minimum Gasteiger partial charge on any atom is -0.465 e. The van der Waals surface area contributed by atoms with Crippen LogP contribution >= 0.6 is 0 Å². The van der Waals surface area contributed by atoms with Crippen LogP contribution in [0.1, 0.15) is 58.9 Å². The average Bonchev–Trinajstić information content (AvgIpc) is 3.28. The number of rotatable bonds is 8. The Morgan fingerprint density at radius 1 is 1.19 bits per heavy atom. The number of likely N-dealkylation sites (tertiary alicyclic amines) is 1. The number of fused-ring (bicyclic) bond motifs is 1. The Kier molecular flexibility index (Phi) is 7.86. The van der Waals surface area contributed by atoms with Gasteiger partial charge in [-0.15, -0.1) is 0 Å². The Labute approximate surface area is 193 Å². The molecule has 0 bridgehead atoms. The number of benzene rings is 1. The zero-order valence-corrected chi connectivity index (χ0v) is 20.4. The largest absolute Gasteiger partial charge is 0.465 e. The van der Waals surface area contributed by atoms with E-state index in [1.807, 2.05) is 13.0 Å². The highest BCUT2D eigenvalue weighted by Gasteiger charge is 2.44. The van der Waals surface area contributed by atoms with Gasteiger partial charge in [-0.1, -0.05) is 58.0 Å². The molecule has 0 spiro atoms. The number of hydrogen-bond acceptors (Lipinski definition) is 3. The molecule has 1 aliphatic heterocycles. The van der Waals surface area contributed by atoms with E-state index in [2.05, 4.69) is 55.3 Å². The molecule has 178 valence electrons. The van der Waals surface area contributed by atoms with Crippen LogP contribution in [0.25, 0.3) is 0 Å². The van der Waals surface area contributed by atoms with Gasteiger partial charge in [0, 0.05) is 32.7 Å². The van der Waals surface area contributed by atoms with E-state index in [-0.39, 0.29) is 23.3 Å². The molecule has 3 rings (SSSR count). The number of amides is 2. The summed E-state index contributed by atoms with van der Waals surface area (Å²) in [4.78, 5) is 28.8. The lowest BCUT2D eigenvalue weighted by Gasteiger charge is -2.33. The van der Waals surface area contributed by atoms with Crippen molar-refractivity contribution in [2.45, 2.75) is 72.0 Å². The first-order chi connectivity index (χ1) is 15.0. The molecule has 2 amide bonds. The van der Waals surface area contributed by atoms with Crippen LogP contribution in [0.2, 0.25) is 0 Å². The van der Waals surface area contributed by atoms with Gasteiger partial charge in [0.15, 0.2) is 0 Å². The van der Waals surface area contributed by atoms with E-state index in [4.69, 9.17) is 0 Å². The predicted molar refractivity (Wildman–Crippen MR) is 127 cm³/mol. The standard InChI is InChI=1S/C26H41N3O3/c1-18(13-14-26(2,3)4)23(28(5)25(31)32)24(30)27-22-12-11-20-16-29(17-21(20)22)15-19-9-7-6-8-10-19/h6-10,18,20-23H,11-17H2,1-5H3,(H,27,30)(H,31,32)/t18-,20-,21+,22+,23-/m0/s1. The van der Waals surface area contributed by atoms with E-state index in [1.165, 1.54) is 17.5 Å². The lowest BCUT2D eigenvalue weighted by Crippen LogP contribution is -2.54. The third-order valence-electron chi connectivity index (χ3n) is 7.39. The predicted octanol–water partition coefficient (Wildman–Crippen LogP) is 4.45. The summed E-state index contributed by atoms with van der Waals surface area (Å²) in [6.07, 6.45) is 2.83. The molecule has 2 N–H and O–H groups in total. The third kappa shape index (κ3) is 6.25. The smallest absolute Gasteiger partial charge is 0.407 e. The average molecular weight is 444 g/mol. The van der Waals surface area contributed by atoms with Crippen molar-refractivity contribution in [3.05, 3.63) is 35.9 Å². The summed E-state index contributed by atoms with van der Waals surface area (Å²) >= 11 is 0. The number of carbonyl (C=O) groups is 2. The molecule has 0 radical (unpaired) electrons. The lowest BCUT2D eigenvalue weighted by molar-refractivity contribution is -0.128. The maximum Gasteiger partial charge on any atom is 0.407 e. The van der Waals surface area contributed by atoms with Gasteiger partial charge in [-0.3, -0.25) is 14.6 Å². The van der Waals surface area contributed by atoms with Crippen LogP contribution in [-0.4, -0.2) is 59.1 Å². The van der Waals surface area contributed by atoms with Gasteiger partial charge in [-0.2, -0.15) is 0 Å². The van der Waals surface area contributed by atoms with E-state index in [1.54, 1.807) is 0 Å². The molecule has 1 saturated carbocycles. The van der Waals surface area contributed by atoms with Crippen LogP contribution in [0.15, 0.2) is 30.3 Å². The fourth-order valence-corrected chi connectivity index (χ4v) is 5.53. The van der Waals surface area contributed by atoms with Crippen molar-refractivity contribution in [2.75, 3.05) is 20.1 Å². The van der Waals surface area contributed by atoms with Crippen molar-refractivity contribution < 1.29 is 14.7 Å². The molecule has 2 fully saturated rings. The SMILES string of the molecule is C[C@@H](CCC(C)(C)C)[C@@H](C(=O)N[C@@H]1CC[C@H]2CN(Cc3ccccc3)C[C@H]21)N(C)C(=O)O. The van der Waals surface area contributed by atoms with Gasteiger partial charge in [-0.25, -0.2) is 4.79 Å². The van der Waals surface area contributed by atoms with Gasteiger partial charge in [0.1, 0.15) is 6.04 Å². The van der Waals surface area contributed by atoms with Gasteiger partial charge >= 0.3 is 6.09 Å². The Morgan fingerprint density at radius 3 is 2.50 bits per heavy atom. The molecule has 5 atom stereocenters. The van der Waals surface area contributed by atoms with Crippen LogP contribution in [0, 0.1) is 23.2 Å². The van der Waals surface area contributed by atoms with Crippen LogP contribution in [0.5, 0.6) is 0 Å². The molecule has 32 heavy (non-hydrogen) atoms. The summed E-state index contributed by atoms with van der Waals surface area (Å²) < 4.78 is 0. The first-order valence-electron chi connectivity index (χ1n) is 12.1. The normalized spacial score (nSPS) is 25.2. The third-order valence-corrected chi connectivity index (χ3v) is 7.39. The van der Waals surface area contributed by atoms with E-state index in [9.17, 15) is 14.7 Å². The van der Waals surface area contributed by atoms with E-state index >= 15 is 0 Å². The molecule has 6 heteroatoms. The molecule has 1 aromatic carbocycles. The van der Waals surface area contributed by atoms with Gasteiger partial charge in [-0.05, 0) is 54.4 Å². The van der Waals surface area contributed by atoms with Crippen molar-refractivity contribution in [1.82, 2.24) is 15.1 Å². The second kappa shape index (κ2) is 10.2. The molecular weight excluding hydrogens is 402 g/mol. The zero-order chi connectivity index (χ0) is 23.5. The number of likely N-dealkylation sites (N-methyl/N-ethyl adjacent to an activating group) is 1. The van der Waals surface area contributed by atoms with Crippen molar-refractivity contribution in [2.24, 2.45) is 23.2 Å². The molecule has 6 nitrogen and oxygen atoms in total. The molecular formula is C26H41N3O3. The summed E-state index contributed by atoms with van der Waals surface area (Å²) in [7, 11) is 1.52. The number of nitrogens with zero attached hydrogens (tertiary/aromatic N) is 2. The Hall–Kier alpha value is -2.08. The maximum atomic E-state index is 13.3. The molecule has 0 aromatic heterocycles. The fourth-order valence-electron chi connectivity index (χ4n) is 5.53. The first kappa shape index (κ1) is 24.6. The minimum atomic E-state index is -1.05. The summed E-state index contributed by atoms with van der Waals surface area (Å²) in [5, 5.41) is 12.9. The quantitative estimate of drug-likeness (QED) is 0.622. The van der Waals surface area contributed by atoms with E-state index in [0.717, 1.165) is 45.3 Å². The van der Waals surface area contributed by atoms with Crippen LogP contribution in [-0.2, 0) is 11.3 Å². The number of nitrogens with one attached hydrogen (secondary N) is 1. The van der Waals surface area contributed by atoms with Crippen LogP contribution < -0.4 is 5.32 Å². The molecule has 2 aliphatic rings. The molecule has 0 unspecified atom stereocenters. The van der Waals surface area contributed by atoms with E-state index in [0.29, 0.717) is 11.8 Å². The van der Waals surface area contributed by atoms with Gasteiger partial charge in [0.25, 0.3) is 0 Å². The molecule has 1 aliphatic carbocycles. The summed E-state index contributed by atoms with van der Waals surface area (Å²) in [6, 6.07) is 10.0. The van der Waals surface area contributed by atoms with Crippen LogP contribution in [0.3, 0.4) is 0 Å². The molecule has 1 aromatic rings. The topological polar surface area (TPSA) is 72.9 Å². The Bertz CT molecular complexity index is 776. The van der Waals surface area contributed by atoms with Gasteiger partial charge in [0.2, 0.25) is 5.91 Å². The molecule has 1 heterocycles. The van der Waals surface area contributed by atoms with Crippen molar-refractivity contribution in [3.63, 3.8) is 0 Å². The second-order valence-corrected chi connectivity index (χ2v) is 11.2. The van der Waals surface area contributed by atoms with Crippen molar-refractivity contribution in [1.29, 1.82) is 0 Å². The Balaban J connectivity index is 1.62. The molecule has 1 saturated heterocycles. The second-order valence-electron chi connectivity index (χ2n) is 11.2. The summed E-state index contributed by atoms with van der Waals surface area (Å²) in [6.45, 7) is 11.5. The van der Waals surface area contributed by atoms with Crippen molar-refractivity contribution >= 4 is 12.0 Å². The first-order valence-corrected chi connectivity index (χ1v) is 12.1. The number of hydrogen-bond donors (Lipinski definition) is 2. The van der Waals surface area contributed by atoms with Crippen LogP contribution in [0.4, 0.5) is 4.79 Å². The highest BCUT2D eigenvalue weighted by molar-refractivity contribution is 5.85. The maximum absolute atomic E-state index is 13.3. The van der Waals surface area contributed by atoms with Gasteiger partial charge in [0.05, 0.1) is 0 Å². The number of carbonyl (C=O) groups excluding carboxylic acids is 1. The fraction of sp³-hybridized carbons (Fsp3) is 0.692. The Morgan fingerprint density at radius 2 is 1.88 bits per heavy atom. The summed E-state index contributed by atoms with van der Waals surface area (Å²) in [5.74, 6) is 0.885. The van der Waals surface area contributed by atoms with Gasteiger partial charge < -0.3 is 10.4 Å². The van der Waals surface area contributed by atoms with Crippen molar-refractivity contribution in [3.8, 4) is 0 Å². The monoisotopic (exact) mass is 443 g/mol. The number of carboxylic acid groups (broad SMARTS) is 1. The highest BCUT2D eigenvalue weighted by Crippen LogP contribution is 2.39. The summed E-state index contributed by atoms with van der Waals surface area (Å²) in [5.41, 5.74) is 1.48. The van der Waals surface area contributed by atoms with E-state index < -0.39 is 12.1 Å². The zero-order valence-electron chi connectivity index (χ0n) is 20.4.